The Balaban J connectivity index is 2.22. The zero-order valence-electron chi connectivity index (χ0n) is 13.3. The molecule has 1 aliphatic rings. The molecule has 0 aromatic heterocycles. The maximum atomic E-state index is 11.6. The molecule has 2 unspecified atom stereocenters. The highest BCUT2D eigenvalue weighted by Gasteiger charge is 2.62. The lowest BCUT2D eigenvalue weighted by Gasteiger charge is -2.23. The molecule has 1 aromatic carbocycles. The quantitative estimate of drug-likeness (QED) is 0.595. The van der Waals surface area contributed by atoms with Crippen molar-refractivity contribution in [1.29, 1.82) is 0 Å². The summed E-state index contributed by atoms with van der Waals surface area (Å²) in [6.45, 7) is 6.79. The Morgan fingerprint density at radius 3 is 2.19 bits per heavy atom. The van der Waals surface area contributed by atoms with Crippen LogP contribution in [0.2, 0.25) is 25.2 Å². The topological polar surface area (TPSA) is 52.6 Å². The molecule has 0 heterocycles. The van der Waals surface area contributed by atoms with Gasteiger partial charge in [0.05, 0.1) is 27.0 Å². The van der Waals surface area contributed by atoms with Gasteiger partial charge in [-0.15, -0.1) is 0 Å². The fourth-order valence-corrected chi connectivity index (χ4v) is 6.72. The Morgan fingerprint density at radius 2 is 1.81 bits per heavy atom. The first kappa shape index (κ1) is 16.5. The molecule has 0 amide bonds. The van der Waals surface area contributed by atoms with Crippen LogP contribution in [0, 0.1) is 0 Å². The van der Waals surface area contributed by atoms with Crippen LogP contribution < -0.4 is 4.74 Å². The smallest absolute Gasteiger partial charge is 0.264 e. The van der Waals surface area contributed by atoms with E-state index in [2.05, 4.69) is 19.6 Å². The first-order valence-corrected chi connectivity index (χ1v) is 12.5. The molecule has 1 fully saturated rings. The molecule has 6 heteroatoms. The molecule has 118 valence electrons. The first-order chi connectivity index (χ1) is 9.56. The summed E-state index contributed by atoms with van der Waals surface area (Å²) in [4.78, 5) is 0. The van der Waals surface area contributed by atoms with Crippen molar-refractivity contribution in [3.05, 3.63) is 29.8 Å². The summed E-state index contributed by atoms with van der Waals surface area (Å²) in [6, 6.07) is 7.75. The summed E-state index contributed by atoms with van der Waals surface area (Å²) in [6.07, 6.45) is 2.61. The molecule has 0 radical (unpaired) electrons. The summed E-state index contributed by atoms with van der Waals surface area (Å²) in [7, 11) is -3.26. The molecule has 1 aliphatic carbocycles. The predicted molar refractivity (Wildman–Crippen MR) is 87.1 cm³/mol. The lowest BCUT2D eigenvalue weighted by Crippen LogP contribution is -2.31. The van der Waals surface area contributed by atoms with Crippen LogP contribution in [0.15, 0.2) is 24.3 Å². The average Bonchev–Trinajstić information content (AvgIpc) is 3.01. The van der Waals surface area contributed by atoms with Gasteiger partial charge in [-0.3, -0.25) is 4.18 Å². The minimum absolute atomic E-state index is 0.377. The van der Waals surface area contributed by atoms with Crippen LogP contribution in [0.3, 0.4) is 0 Å². The number of ether oxygens (including phenoxy) is 1. The highest BCUT2D eigenvalue weighted by atomic mass is 32.2. The third-order valence-corrected chi connectivity index (χ3v) is 7.51. The van der Waals surface area contributed by atoms with Gasteiger partial charge in [0.25, 0.3) is 10.1 Å². The Kier molecular flexibility index (Phi) is 4.25. The lowest BCUT2D eigenvalue weighted by molar-refractivity contribution is 0.189. The standard InChI is InChI=1S/C15H24O4SSi/c1-18-13-8-6-12(7-9-13)10-15(19-20(2,16)17)11-14(15)21(3,4)5/h6-9,14H,10-11H2,1-5H3. The van der Waals surface area contributed by atoms with Gasteiger partial charge in [0, 0.05) is 6.42 Å². The van der Waals surface area contributed by atoms with Gasteiger partial charge in [0.1, 0.15) is 5.75 Å². The van der Waals surface area contributed by atoms with Crippen molar-refractivity contribution in [1.82, 2.24) is 0 Å². The van der Waals surface area contributed by atoms with E-state index in [-0.39, 0.29) is 0 Å². The second kappa shape index (κ2) is 5.41. The van der Waals surface area contributed by atoms with Crippen molar-refractivity contribution in [2.45, 2.75) is 43.6 Å². The Morgan fingerprint density at radius 1 is 1.24 bits per heavy atom. The molecule has 0 bridgehead atoms. The zero-order chi connectivity index (χ0) is 15.9. The number of benzene rings is 1. The van der Waals surface area contributed by atoms with Crippen LogP contribution in [-0.2, 0) is 20.7 Å². The van der Waals surface area contributed by atoms with Crippen molar-refractivity contribution < 1.29 is 17.3 Å². The van der Waals surface area contributed by atoms with Crippen molar-refractivity contribution >= 4 is 18.2 Å². The number of methoxy groups -OCH3 is 1. The summed E-state index contributed by atoms with van der Waals surface area (Å²) in [5, 5.41) is 0. The van der Waals surface area contributed by atoms with Gasteiger partial charge in [-0.25, -0.2) is 0 Å². The van der Waals surface area contributed by atoms with Gasteiger partial charge in [-0.05, 0) is 29.7 Å². The largest absolute Gasteiger partial charge is 0.497 e. The van der Waals surface area contributed by atoms with Crippen LogP contribution in [0.25, 0.3) is 0 Å². The summed E-state index contributed by atoms with van der Waals surface area (Å²) < 4.78 is 33.9. The van der Waals surface area contributed by atoms with E-state index in [4.69, 9.17) is 8.92 Å². The highest BCUT2D eigenvalue weighted by Crippen LogP contribution is 2.60. The average molecular weight is 329 g/mol. The second-order valence-corrected chi connectivity index (χ2v) is 14.0. The van der Waals surface area contributed by atoms with Crippen LogP contribution in [0.1, 0.15) is 12.0 Å². The van der Waals surface area contributed by atoms with Gasteiger partial charge in [0.15, 0.2) is 0 Å². The van der Waals surface area contributed by atoms with E-state index in [0.29, 0.717) is 12.0 Å². The third-order valence-electron chi connectivity index (χ3n) is 4.05. The van der Waals surface area contributed by atoms with Crippen molar-refractivity contribution in [2.24, 2.45) is 0 Å². The van der Waals surface area contributed by atoms with Gasteiger partial charge in [-0.1, -0.05) is 31.8 Å². The minimum Gasteiger partial charge on any atom is -0.497 e. The van der Waals surface area contributed by atoms with Gasteiger partial charge in [0.2, 0.25) is 0 Å². The van der Waals surface area contributed by atoms with Crippen molar-refractivity contribution in [2.75, 3.05) is 13.4 Å². The molecule has 2 rings (SSSR count). The van der Waals surface area contributed by atoms with E-state index >= 15 is 0 Å². The zero-order valence-corrected chi connectivity index (χ0v) is 15.2. The molecule has 0 N–H and O–H groups in total. The Bertz CT molecular complexity index is 604. The SMILES string of the molecule is COc1ccc(CC2(OS(C)(=O)=O)CC2[Si](C)(C)C)cc1. The molecule has 21 heavy (non-hydrogen) atoms. The normalized spacial score (nSPS) is 25.7. The molecular weight excluding hydrogens is 304 g/mol. The molecule has 2 atom stereocenters. The van der Waals surface area contributed by atoms with Crippen molar-refractivity contribution in [3.63, 3.8) is 0 Å². The molecule has 1 aromatic rings. The third kappa shape index (κ3) is 4.08. The van der Waals surface area contributed by atoms with E-state index in [1.807, 2.05) is 24.3 Å². The predicted octanol–water partition coefficient (Wildman–Crippen LogP) is 3.06. The van der Waals surface area contributed by atoms with Crippen LogP contribution in [0.4, 0.5) is 0 Å². The fourth-order valence-electron chi connectivity index (χ4n) is 3.09. The maximum absolute atomic E-state index is 11.6. The number of hydrogen-bond acceptors (Lipinski definition) is 4. The highest BCUT2D eigenvalue weighted by molar-refractivity contribution is 7.86. The van der Waals surface area contributed by atoms with Gasteiger partial charge < -0.3 is 4.74 Å². The van der Waals surface area contributed by atoms with Crippen LogP contribution in [0.5, 0.6) is 5.75 Å². The fraction of sp³-hybridized carbons (Fsp3) is 0.600. The minimum atomic E-state index is -3.45. The monoisotopic (exact) mass is 328 g/mol. The van der Waals surface area contributed by atoms with Gasteiger partial charge >= 0.3 is 0 Å². The molecule has 0 aliphatic heterocycles. The van der Waals surface area contributed by atoms with Crippen molar-refractivity contribution in [3.8, 4) is 5.75 Å². The Hall–Kier alpha value is -0.853. The summed E-state index contributed by atoms with van der Waals surface area (Å²) in [5.74, 6) is 0.800. The summed E-state index contributed by atoms with van der Waals surface area (Å²) >= 11 is 0. The van der Waals surface area contributed by atoms with Crippen LogP contribution >= 0.6 is 0 Å². The number of rotatable bonds is 6. The van der Waals surface area contributed by atoms with E-state index in [9.17, 15) is 8.42 Å². The van der Waals surface area contributed by atoms with E-state index in [0.717, 1.165) is 24.0 Å². The lowest BCUT2D eigenvalue weighted by atomic mass is 10.1. The Labute approximate surface area is 128 Å². The molecule has 4 nitrogen and oxygen atoms in total. The van der Waals surface area contributed by atoms with Crippen LogP contribution in [-0.4, -0.2) is 35.5 Å². The summed E-state index contributed by atoms with van der Waals surface area (Å²) in [5.41, 5.74) is 0.925. The second-order valence-electron chi connectivity index (χ2n) is 7.00. The van der Waals surface area contributed by atoms with Gasteiger partial charge in [-0.2, -0.15) is 8.42 Å². The first-order valence-electron chi connectivity index (χ1n) is 7.09. The maximum Gasteiger partial charge on any atom is 0.264 e. The number of hydrogen-bond donors (Lipinski definition) is 0. The molecule has 1 saturated carbocycles. The van der Waals surface area contributed by atoms with E-state index < -0.39 is 23.8 Å². The van der Waals surface area contributed by atoms with E-state index in [1.165, 1.54) is 0 Å². The molecule has 0 saturated heterocycles. The van der Waals surface area contributed by atoms with E-state index in [1.54, 1.807) is 7.11 Å². The molecular formula is C15H24O4SSi. The molecule has 0 spiro atoms.